The van der Waals surface area contributed by atoms with Gasteiger partial charge in [-0.3, -0.25) is 9.78 Å². The first-order chi connectivity index (χ1) is 14.5. The summed E-state index contributed by atoms with van der Waals surface area (Å²) in [5, 5.41) is 1.28. The Hall–Kier alpha value is -3.64. The van der Waals surface area contributed by atoms with Crippen molar-refractivity contribution in [3.8, 4) is 22.5 Å². The van der Waals surface area contributed by atoms with Gasteiger partial charge in [0.15, 0.2) is 17.0 Å². The normalized spacial score (nSPS) is 11.3. The van der Waals surface area contributed by atoms with Crippen LogP contribution in [-0.4, -0.2) is 19.9 Å². The number of H-pyrrole nitrogens is 1. The first kappa shape index (κ1) is 18.4. The smallest absolute Gasteiger partial charge is 0.244 e. The largest absolute Gasteiger partial charge is 0.342 e. The van der Waals surface area contributed by atoms with Crippen molar-refractivity contribution >= 4 is 33.7 Å². The Morgan fingerprint density at radius 1 is 1.00 bits per heavy atom. The van der Waals surface area contributed by atoms with Crippen LogP contribution in [-0.2, 0) is 0 Å². The minimum atomic E-state index is -0.910. The molecule has 0 spiro atoms. The molecule has 0 unspecified atom stereocenters. The van der Waals surface area contributed by atoms with Gasteiger partial charge in [0.05, 0.1) is 21.9 Å². The first-order valence-electron chi connectivity index (χ1n) is 9.22. The molecule has 0 saturated carbocycles. The van der Waals surface area contributed by atoms with Crippen LogP contribution in [0.2, 0.25) is 5.02 Å². The predicted molar refractivity (Wildman–Crippen MR) is 116 cm³/mol. The van der Waals surface area contributed by atoms with Gasteiger partial charge < -0.3 is 4.98 Å². The van der Waals surface area contributed by atoms with E-state index in [4.69, 9.17) is 11.6 Å². The molecule has 5 aromatic rings. The van der Waals surface area contributed by atoms with Crippen LogP contribution in [0.4, 0.5) is 4.39 Å². The van der Waals surface area contributed by atoms with Crippen LogP contribution in [0.3, 0.4) is 0 Å². The molecular formula is C23H14ClFN4O. The summed E-state index contributed by atoms with van der Waals surface area (Å²) >= 11 is 6.48. The van der Waals surface area contributed by atoms with E-state index in [0.29, 0.717) is 27.5 Å². The second kappa shape index (κ2) is 7.00. The topological polar surface area (TPSA) is 71.5 Å². The Labute approximate surface area is 175 Å². The van der Waals surface area contributed by atoms with Crippen molar-refractivity contribution in [3.05, 3.63) is 87.6 Å². The van der Waals surface area contributed by atoms with Crippen LogP contribution in [0.1, 0.15) is 5.56 Å². The van der Waals surface area contributed by atoms with Gasteiger partial charge >= 0.3 is 0 Å². The molecule has 0 fully saturated rings. The molecule has 30 heavy (non-hydrogen) atoms. The van der Waals surface area contributed by atoms with Crippen LogP contribution in [0.25, 0.3) is 44.6 Å². The van der Waals surface area contributed by atoms with Gasteiger partial charge in [-0.25, -0.2) is 14.4 Å². The molecule has 0 aliphatic carbocycles. The highest BCUT2D eigenvalue weighted by Crippen LogP contribution is 2.35. The summed E-state index contributed by atoms with van der Waals surface area (Å²) in [7, 11) is 0. The Balaban J connectivity index is 1.90. The number of nitrogens with zero attached hydrogens (tertiary/aromatic N) is 3. The van der Waals surface area contributed by atoms with Gasteiger partial charge in [0, 0.05) is 28.9 Å². The maximum atomic E-state index is 13.9. The van der Waals surface area contributed by atoms with Crippen molar-refractivity contribution in [3.63, 3.8) is 0 Å². The minimum absolute atomic E-state index is 0.0651. The molecule has 146 valence electrons. The first-order valence-corrected chi connectivity index (χ1v) is 9.60. The maximum absolute atomic E-state index is 13.9. The van der Waals surface area contributed by atoms with Crippen molar-refractivity contribution in [2.45, 2.75) is 6.92 Å². The van der Waals surface area contributed by atoms with Gasteiger partial charge in [-0.15, -0.1) is 0 Å². The van der Waals surface area contributed by atoms with Crippen LogP contribution in [0.15, 0.2) is 65.7 Å². The van der Waals surface area contributed by atoms with Gasteiger partial charge in [0.2, 0.25) is 5.43 Å². The highest BCUT2D eigenvalue weighted by Gasteiger charge is 2.18. The molecule has 5 rings (SSSR count). The molecular weight excluding hydrogens is 403 g/mol. The summed E-state index contributed by atoms with van der Waals surface area (Å²) in [6, 6.07) is 15.1. The summed E-state index contributed by atoms with van der Waals surface area (Å²) in [5.74, 6) is -0.910. The lowest BCUT2D eigenvalue weighted by molar-refractivity contribution is 0.613. The van der Waals surface area contributed by atoms with Crippen LogP contribution in [0.5, 0.6) is 0 Å². The number of hydrogen-bond acceptors (Lipinski definition) is 4. The fourth-order valence-electron chi connectivity index (χ4n) is 3.52. The summed E-state index contributed by atoms with van der Waals surface area (Å²) < 4.78 is 13.9. The number of fused-ring (bicyclic) bond motifs is 2. The average molecular weight is 417 g/mol. The fourth-order valence-corrected chi connectivity index (χ4v) is 3.79. The van der Waals surface area contributed by atoms with Crippen molar-refractivity contribution in [2.24, 2.45) is 0 Å². The molecule has 0 radical (unpaired) electrons. The van der Waals surface area contributed by atoms with E-state index in [1.807, 2.05) is 49.4 Å². The SMILES string of the molecule is Cc1ccccc1-c1nc2[nH]cc(F)c(=O)c2nc1-c1cc(Cl)c2ncccc2c1. The number of benzene rings is 2. The lowest BCUT2D eigenvalue weighted by Crippen LogP contribution is -2.11. The highest BCUT2D eigenvalue weighted by atomic mass is 35.5. The van der Waals surface area contributed by atoms with E-state index in [1.54, 1.807) is 12.3 Å². The zero-order valence-electron chi connectivity index (χ0n) is 15.8. The van der Waals surface area contributed by atoms with Crippen molar-refractivity contribution < 1.29 is 4.39 Å². The third-order valence-electron chi connectivity index (χ3n) is 5.00. The zero-order chi connectivity index (χ0) is 20.8. The van der Waals surface area contributed by atoms with Crippen LogP contribution >= 0.6 is 11.6 Å². The number of rotatable bonds is 2. The number of nitrogens with one attached hydrogen (secondary N) is 1. The van der Waals surface area contributed by atoms with Crippen molar-refractivity contribution in [1.82, 2.24) is 19.9 Å². The molecule has 0 amide bonds. The summed E-state index contributed by atoms with van der Waals surface area (Å²) in [6.45, 7) is 1.97. The molecule has 5 nitrogen and oxygen atoms in total. The van der Waals surface area contributed by atoms with Gasteiger partial charge in [-0.05, 0) is 30.7 Å². The lowest BCUT2D eigenvalue weighted by atomic mass is 9.99. The minimum Gasteiger partial charge on any atom is -0.342 e. The zero-order valence-corrected chi connectivity index (χ0v) is 16.5. The molecule has 1 N–H and O–H groups in total. The monoisotopic (exact) mass is 416 g/mol. The predicted octanol–water partition coefficient (Wildman–Crippen LogP) is 5.30. The maximum Gasteiger partial charge on any atom is 0.244 e. The van der Waals surface area contributed by atoms with E-state index < -0.39 is 11.2 Å². The fraction of sp³-hybridized carbons (Fsp3) is 0.0435. The van der Waals surface area contributed by atoms with Gasteiger partial charge in [0.1, 0.15) is 0 Å². The molecule has 3 heterocycles. The van der Waals surface area contributed by atoms with E-state index in [9.17, 15) is 9.18 Å². The van der Waals surface area contributed by atoms with Crippen LogP contribution in [0, 0.1) is 12.7 Å². The van der Waals surface area contributed by atoms with Gasteiger partial charge in [0.25, 0.3) is 0 Å². The molecule has 0 atom stereocenters. The summed E-state index contributed by atoms with van der Waals surface area (Å²) in [5.41, 5.74) is 3.54. The molecule has 0 bridgehead atoms. The molecule has 2 aromatic carbocycles. The Kier molecular flexibility index (Phi) is 4.29. The van der Waals surface area contributed by atoms with E-state index in [0.717, 1.165) is 22.7 Å². The lowest BCUT2D eigenvalue weighted by Gasteiger charge is -2.13. The van der Waals surface area contributed by atoms with E-state index in [-0.39, 0.29) is 11.2 Å². The van der Waals surface area contributed by atoms with Crippen molar-refractivity contribution in [2.75, 3.05) is 0 Å². The Morgan fingerprint density at radius 3 is 2.67 bits per heavy atom. The molecule has 7 heteroatoms. The molecule has 0 saturated heterocycles. The Morgan fingerprint density at radius 2 is 1.83 bits per heavy atom. The van der Waals surface area contributed by atoms with Crippen molar-refractivity contribution in [1.29, 1.82) is 0 Å². The quantitative estimate of drug-likeness (QED) is 0.423. The third kappa shape index (κ3) is 2.93. The van der Waals surface area contributed by atoms with E-state index in [2.05, 4.69) is 19.9 Å². The number of aromatic nitrogens is 4. The average Bonchev–Trinajstić information content (AvgIpc) is 2.76. The number of pyridine rings is 2. The second-order valence-electron chi connectivity index (χ2n) is 6.93. The third-order valence-corrected chi connectivity index (χ3v) is 5.28. The highest BCUT2D eigenvalue weighted by molar-refractivity contribution is 6.35. The second-order valence-corrected chi connectivity index (χ2v) is 7.34. The molecule has 0 aliphatic heterocycles. The van der Waals surface area contributed by atoms with E-state index >= 15 is 0 Å². The standard InChI is InChI=1S/C23H14ClFN4O/c1-12-5-2-3-7-15(12)20-19(28-21-22(30)17(25)11-27-23(21)29-20)14-9-13-6-4-8-26-18(13)16(24)10-14/h2-11H,1H3,(H,27,29,30). The summed E-state index contributed by atoms with van der Waals surface area (Å²) in [6.07, 6.45) is 2.67. The molecule has 3 aromatic heterocycles. The Bertz CT molecular complexity index is 1510. The molecule has 0 aliphatic rings. The van der Waals surface area contributed by atoms with Gasteiger partial charge in [-0.1, -0.05) is 41.9 Å². The number of halogens is 2. The summed E-state index contributed by atoms with van der Waals surface area (Å²) in [4.78, 5) is 28.6. The number of aromatic amines is 1. The van der Waals surface area contributed by atoms with Gasteiger partial charge in [-0.2, -0.15) is 0 Å². The van der Waals surface area contributed by atoms with Crippen LogP contribution < -0.4 is 5.43 Å². The van der Waals surface area contributed by atoms with E-state index in [1.165, 1.54) is 0 Å². The number of hydrogen-bond donors (Lipinski definition) is 1. The number of aryl methyl sites for hydroxylation is 1.